The van der Waals surface area contributed by atoms with Crippen LogP contribution in [0.25, 0.3) is 0 Å². The number of carbonyl (C=O) groups is 1. The van der Waals surface area contributed by atoms with Crippen molar-refractivity contribution < 1.29 is 19.4 Å². The van der Waals surface area contributed by atoms with Crippen molar-refractivity contribution in [2.45, 2.75) is 50.8 Å². The Morgan fingerprint density at radius 1 is 1.50 bits per heavy atom. The van der Waals surface area contributed by atoms with Crippen LogP contribution in [0.15, 0.2) is 0 Å². The summed E-state index contributed by atoms with van der Waals surface area (Å²) < 4.78 is 11.3. The summed E-state index contributed by atoms with van der Waals surface area (Å²) in [6.45, 7) is 6.33. The van der Waals surface area contributed by atoms with E-state index in [2.05, 4.69) is 18.7 Å². The van der Waals surface area contributed by atoms with Crippen molar-refractivity contribution in [1.29, 1.82) is 0 Å². The van der Waals surface area contributed by atoms with Crippen LogP contribution in [0.5, 0.6) is 0 Å². The van der Waals surface area contributed by atoms with Gasteiger partial charge in [-0.25, -0.2) is 0 Å². The third-order valence-electron chi connectivity index (χ3n) is 3.98. The standard InChI is InChI=1S/C13H23NO4/c1-10(2)14(8-12(15)16)11-3-5-18-13(7-11)4-6-17-9-13/h10-11H,3-9H2,1-2H3,(H,15,16). The van der Waals surface area contributed by atoms with Gasteiger partial charge >= 0.3 is 5.97 Å². The van der Waals surface area contributed by atoms with E-state index in [1.807, 2.05) is 0 Å². The molecule has 0 aromatic heterocycles. The van der Waals surface area contributed by atoms with Crippen molar-refractivity contribution in [3.8, 4) is 0 Å². The van der Waals surface area contributed by atoms with Gasteiger partial charge in [-0.2, -0.15) is 0 Å². The number of hydrogen-bond acceptors (Lipinski definition) is 4. The van der Waals surface area contributed by atoms with E-state index < -0.39 is 5.97 Å². The number of ether oxygens (including phenoxy) is 2. The number of carboxylic acids is 1. The maximum absolute atomic E-state index is 11.0. The molecule has 0 bridgehead atoms. The van der Waals surface area contributed by atoms with Crippen LogP contribution < -0.4 is 0 Å². The van der Waals surface area contributed by atoms with Crippen molar-refractivity contribution in [2.75, 3.05) is 26.4 Å². The minimum Gasteiger partial charge on any atom is -0.480 e. The second-order valence-electron chi connectivity index (χ2n) is 5.64. The quantitative estimate of drug-likeness (QED) is 0.818. The van der Waals surface area contributed by atoms with E-state index in [9.17, 15) is 4.79 Å². The molecule has 104 valence electrons. The number of rotatable bonds is 4. The van der Waals surface area contributed by atoms with Gasteiger partial charge in [0.2, 0.25) is 0 Å². The Morgan fingerprint density at radius 3 is 2.83 bits per heavy atom. The normalized spacial score (nSPS) is 32.6. The zero-order valence-electron chi connectivity index (χ0n) is 11.2. The highest BCUT2D eigenvalue weighted by atomic mass is 16.6. The summed E-state index contributed by atoms with van der Waals surface area (Å²) >= 11 is 0. The number of carboxylic acid groups (broad SMARTS) is 1. The summed E-state index contributed by atoms with van der Waals surface area (Å²) in [5.74, 6) is -0.757. The van der Waals surface area contributed by atoms with Gasteiger partial charge in [0.1, 0.15) is 0 Å². The highest BCUT2D eigenvalue weighted by Crippen LogP contribution is 2.35. The Hall–Kier alpha value is -0.650. The summed E-state index contributed by atoms with van der Waals surface area (Å²) in [5.41, 5.74) is -0.158. The maximum Gasteiger partial charge on any atom is 0.317 e. The first-order chi connectivity index (χ1) is 8.52. The van der Waals surface area contributed by atoms with Gasteiger partial charge in [0.05, 0.1) is 18.8 Å². The average molecular weight is 257 g/mol. The summed E-state index contributed by atoms with van der Waals surface area (Å²) in [6.07, 6.45) is 2.73. The van der Waals surface area contributed by atoms with Gasteiger partial charge in [-0.15, -0.1) is 0 Å². The first-order valence-corrected chi connectivity index (χ1v) is 6.72. The SMILES string of the molecule is CC(C)N(CC(=O)O)C1CCOC2(CCOC2)C1. The number of hydrogen-bond donors (Lipinski definition) is 1. The van der Waals surface area contributed by atoms with Crippen molar-refractivity contribution >= 4 is 5.97 Å². The average Bonchev–Trinajstić information content (AvgIpc) is 2.73. The summed E-state index contributed by atoms with van der Waals surface area (Å²) in [4.78, 5) is 13.0. The van der Waals surface area contributed by atoms with Crippen molar-refractivity contribution in [3.63, 3.8) is 0 Å². The molecule has 0 aliphatic carbocycles. The van der Waals surface area contributed by atoms with Gasteiger partial charge in [-0.3, -0.25) is 9.69 Å². The third-order valence-corrected chi connectivity index (χ3v) is 3.98. The van der Waals surface area contributed by atoms with Gasteiger partial charge in [0, 0.05) is 31.7 Å². The smallest absolute Gasteiger partial charge is 0.317 e. The van der Waals surface area contributed by atoms with Crippen LogP contribution in [0.2, 0.25) is 0 Å². The van der Waals surface area contributed by atoms with Crippen molar-refractivity contribution in [2.24, 2.45) is 0 Å². The van der Waals surface area contributed by atoms with Crippen LogP contribution in [-0.4, -0.2) is 60.0 Å². The molecule has 18 heavy (non-hydrogen) atoms. The molecule has 5 nitrogen and oxygen atoms in total. The number of nitrogens with zero attached hydrogens (tertiary/aromatic N) is 1. The summed E-state index contributed by atoms with van der Waals surface area (Å²) in [7, 11) is 0. The Balaban J connectivity index is 2.03. The van der Waals surface area contributed by atoms with Gasteiger partial charge in [-0.1, -0.05) is 0 Å². The number of aliphatic carboxylic acids is 1. The fourth-order valence-corrected chi connectivity index (χ4v) is 3.04. The van der Waals surface area contributed by atoms with Crippen LogP contribution in [0.1, 0.15) is 33.1 Å². The fraction of sp³-hybridized carbons (Fsp3) is 0.923. The highest BCUT2D eigenvalue weighted by molar-refractivity contribution is 5.69. The Morgan fingerprint density at radius 2 is 2.28 bits per heavy atom. The predicted octanol–water partition coefficient (Wildman–Crippen LogP) is 1.12. The molecule has 2 saturated heterocycles. The van der Waals surface area contributed by atoms with E-state index in [0.29, 0.717) is 13.2 Å². The van der Waals surface area contributed by atoms with Crippen LogP contribution >= 0.6 is 0 Å². The predicted molar refractivity (Wildman–Crippen MR) is 66.6 cm³/mol. The molecule has 2 aliphatic rings. The molecule has 0 aromatic carbocycles. The first-order valence-electron chi connectivity index (χ1n) is 6.72. The minimum absolute atomic E-state index is 0.110. The molecule has 2 aliphatic heterocycles. The largest absolute Gasteiger partial charge is 0.480 e. The highest BCUT2D eigenvalue weighted by Gasteiger charge is 2.43. The lowest BCUT2D eigenvalue weighted by molar-refractivity contribution is -0.143. The second kappa shape index (κ2) is 5.55. The first kappa shape index (κ1) is 13.8. The molecule has 0 saturated carbocycles. The monoisotopic (exact) mass is 257 g/mol. The molecule has 2 heterocycles. The second-order valence-corrected chi connectivity index (χ2v) is 5.64. The van der Waals surface area contributed by atoms with E-state index in [1.165, 1.54) is 0 Å². The van der Waals surface area contributed by atoms with Crippen LogP contribution in [-0.2, 0) is 14.3 Å². The Labute approximate surface area is 108 Å². The molecule has 2 unspecified atom stereocenters. The molecule has 2 fully saturated rings. The summed E-state index contributed by atoms with van der Waals surface area (Å²) in [6, 6.07) is 0.528. The fourth-order valence-electron chi connectivity index (χ4n) is 3.04. The van der Waals surface area contributed by atoms with Crippen LogP contribution in [0.4, 0.5) is 0 Å². The molecule has 2 rings (SSSR count). The maximum atomic E-state index is 11.0. The van der Waals surface area contributed by atoms with Crippen LogP contribution in [0, 0.1) is 0 Å². The molecule has 0 amide bonds. The van der Waals surface area contributed by atoms with E-state index in [-0.39, 0.29) is 24.2 Å². The van der Waals surface area contributed by atoms with E-state index in [0.717, 1.165) is 25.9 Å². The van der Waals surface area contributed by atoms with Crippen molar-refractivity contribution in [1.82, 2.24) is 4.90 Å². The van der Waals surface area contributed by atoms with Gasteiger partial charge in [-0.05, 0) is 26.7 Å². The van der Waals surface area contributed by atoms with Crippen molar-refractivity contribution in [3.05, 3.63) is 0 Å². The third kappa shape index (κ3) is 3.02. The molecule has 0 radical (unpaired) electrons. The van der Waals surface area contributed by atoms with Crippen LogP contribution in [0.3, 0.4) is 0 Å². The molecule has 0 aromatic rings. The van der Waals surface area contributed by atoms with Gasteiger partial charge in [0.25, 0.3) is 0 Å². The topological polar surface area (TPSA) is 59.0 Å². The van der Waals surface area contributed by atoms with Gasteiger partial charge in [0.15, 0.2) is 0 Å². The Kier molecular flexibility index (Phi) is 4.25. The molecule has 1 N–H and O–H groups in total. The molecular weight excluding hydrogens is 234 g/mol. The molecule has 2 atom stereocenters. The molecule has 5 heteroatoms. The van der Waals surface area contributed by atoms with E-state index in [4.69, 9.17) is 14.6 Å². The van der Waals surface area contributed by atoms with E-state index >= 15 is 0 Å². The lowest BCUT2D eigenvalue weighted by Gasteiger charge is -2.43. The lowest BCUT2D eigenvalue weighted by atomic mass is 9.88. The molecular formula is C13H23NO4. The van der Waals surface area contributed by atoms with E-state index in [1.54, 1.807) is 0 Å². The minimum atomic E-state index is -0.757. The Bertz CT molecular complexity index is 299. The zero-order chi connectivity index (χ0) is 13.2. The molecule has 1 spiro atoms. The van der Waals surface area contributed by atoms with Gasteiger partial charge < -0.3 is 14.6 Å². The zero-order valence-corrected chi connectivity index (χ0v) is 11.2. The lowest BCUT2D eigenvalue weighted by Crippen LogP contribution is -2.52. The summed E-state index contributed by atoms with van der Waals surface area (Å²) in [5, 5.41) is 9.02.